The third kappa shape index (κ3) is 4.01. The van der Waals surface area contributed by atoms with Crippen molar-refractivity contribution in [1.82, 2.24) is 10.6 Å². The zero-order valence-electron chi connectivity index (χ0n) is 11.3. The lowest BCUT2D eigenvalue weighted by Crippen LogP contribution is -2.51. The summed E-state index contributed by atoms with van der Waals surface area (Å²) >= 11 is 0. The first-order valence-electron chi connectivity index (χ1n) is 6.59. The molecule has 7 heteroatoms. The van der Waals surface area contributed by atoms with E-state index in [2.05, 4.69) is 10.6 Å². The lowest BCUT2D eigenvalue weighted by molar-refractivity contribution is -0.129. The largest absolute Gasteiger partial charge is 0.368 e. The predicted octanol–water partition coefficient (Wildman–Crippen LogP) is -0.383. The Hall–Kier alpha value is -2.44. The van der Waals surface area contributed by atoms with Gasteiger partial charge >= 0.3 is 0 Å². The van der Waals surface area contributed by atoms with Gasteiger partial charge in [-0.25, -0.2) is 4.39 Å². The summed E-state index contributed by atoms with van der Waals surface area (Å²) in [4.78, 5) is 34.5. The molecule has 1 fully saturated rings. The Kier molecular flexibility index (Phi) is 4.52. The second kappa shape index (κ2) is 6.34. The van der Waals surface area contributed by atoms with Crippen LogP contribution in [0.4, 0.5) is 4.39 Å². The van der Waals surface area contributed by atoms with Crippen LogP contribution in [0, 0.1) is 5.82 Å². The molecule has 0 spiro atoms. The molecule has 2 rings (SSSR count). The third-order valence-corrected chi connectivity index (χ3v) is 3.30. The van der Waals surface area contributed by atoms with Crippen molar-refractivity contribution in [3.8, 4) is 0 Å². The summed E-state index contributed by atoms with van der Waals surface area (Å²) in [6.45, 7) is 0. The third-order valence-electron chi connectivity index (χ3n) is 3.30. The SMILES string of the molecule is NC(=O)[C@H](Cc1cccc(F)c1)NC(=O)[C@@H]1CCC(=O)N1. The van der Waals surface area contributed by atoms with E-state index in [0.29, 0.717) is 12.0 Å². The van der Waals surface area contributed by atoms with Gasteiger partial charge in [0.15, 0.2) is 0 Å². The van der Waals surface area contributed by atoms with Crippen LogP contribution in [0.3, 0.4) is 0 Å². The van der Waals surface area contributed by atoms with Crippen LogP contribution in [0.1, 0.15) is 18.4 Å². The maximum Gasteiger partial charge on any atom is 0.243 e. The van der Waals surface area contributed by atoms with Gasteiger partial charge in [0.2, 0.25) is 17.7 Å². The van der Waals surface area contributed by atoms with Gasteiger partial charge in [-0.1, -0.05) is 12.1 Å². The van der Waals surface area contributed by atoms with Crippen molar-refractivity contribution in [3.05, 3.63) is 35.6 Å². The molecule has 112 valence electrons. The van der Waals surface area contributed by atoms with Gasteiger partial charge in [-0.15, -0.1) is 0 Å². The standard InChI is InChI=1S/C14H16FN3O3/c15-9-3-1-2-8(6-9)7-11(13(16)20)18-14(21)10-4-5-12(19)17-10/h1-3,6,10-11H,4-5,7H2,(H2,16,20)(H,17,19)(H,18,21)/t10-,11-/m0/s1. The Morgan fingerprint density at radius 2 is 2.24 bits per heavy atom. The highest BCUT2D eigenvalue weighted by Crippen LogP contribution is 2.09. The number of nitrogens with two attached hydrogens (primary N) is 1. The van der Waals surface area contributed by atoms with Crippen LogP contribution in [0.2, 0.25) is 0 Å². The van der Waals surface area contributed by atoms with Gasteiger partial charge in [-0.3, -0.25) is 14.4 Å². The number of rotatable bonds is 5. The molecule has 1 aromatic rings. The number of hydrogen-bond donors (Lipinski definition) is 3. The number of carbonyl (C=O) groups is 3. The lowest BCUT2D eigenvalue weighted by Gasteiger charge is -2.18. The number of nitrogens with one attached hydrogen (secondary N) is 2. The summed E-state index contributed by atoms with van der Waals surface area (Å²) < 4.78 is 13.1. The Morgan fingerprint density at radius 3 is 2.81 bits per heavy atom. The Morgan fingerprint density at radius 1 is 1.48 bits per heavy atom. The molecule has 0 aliphatic carbocycles. The van der Waals surface area contributed by atoms with Crippen LogP contribution >= 0.6 is 0 Å². The summed E-state index contributed by atoms with van der Waals surface area (Å²) in [7, 11) is 0. The molecule has 1 aliphatic rings. The van der Waals surface area contributed by atoms with E-state index in [0.717, 1.165) is 0 Å². The molecule has 4 N–H and O–H groups in total. The van der Waals surface area contributed by atoms with Gasteiger partial charge in [0.1, 0.15) is 17.9 Å². The summed E-state index contributed by atoms with van der Waals surface area (Å²) in [6.07, 6.45) is 0.763. The number of carbonyl (C=O) groups excluding carboxylic acids is 3. The van der Waals surface area contributed by atoms with Gasteiger partial charge in [0.05, 0.1) is 0 Å². The monoisotopic (exact) mass is 293 g/mol. The zero-order valence-corrected chi connectivity index (χ0v) is 11.3. The van der Waals surface area contributed by atoms with E-state index >= 15 is 0 Å². The molecular formula is C14H16FN3O3. The second-order valence-corrected chi connectivity index (χ2v) is 4.96. The minimum absolute atomic E-state index is 0.0967. The molecule has 0 unspecified atom stereocenters. The van der Waals surface area contributed by atoms with Crippen molar-refractivity contribution in [3.63, 3.8) is 0 Å². The molecule has 1 heterocycles. The van der Waals surface area contributed by atoms with Crippen molar-refractivity contribution >= 4 is 17.7 Å². The quantitative estimate of drug-likeness (QED) is 0.689. The van der Waals surface area contributed by atoms with Crippen molar-refractivity contribution < 1.29 is 18.8 Å². The smallest absolute Gasteiger partial charge is 0.243 e. The van der Waals surface area contributed by atoms with Gasteiger partial charge in [-0.2, -0.15) is 0 Å². The highest BCUT2D eigenvalue weighted by Gasteiger charge is 2.29. The fraction of sp³-hybridized carbons (Fsp3) is 0.357. The summed E-state index contributed by atoms with van der Waals surface area (Å²) in [6, 6.07) is 4.13. The minimum atomic E-state index is -0.947. The average molecular weight is 293 g/mol. The normalized spacial score (nSPS) is 18.9. The molecule has 1 saturated heterocycles. The Bertz CT molecular complexity index is 576. The van der Waals surface area contributed by atoms with Crippen LogP contribution in [0.15, 0.2) is 24.3 Å². The number of halogens is 1. The molecule has 0 radical (unpaired) electrons. The summed E-state index contributed by atoms with van der Waals surface area (Å²) in [5, 5.41) is 5.00. The van der Waals surface area contributed by atoms with Crippen molar-refractivity contribution in [2.24, 2.45) is 5.73 Å². The predicted molar refractivity (Wildman–Crippen MR) is 72.4 cm³/mol. The van der Waals surface area contributed by atoms with Gasteiger partial charge < -0.3 is 16.4 Å². The second-order valence-electron chi connectivity index (χ2n) is 4.96. The van der Waals surface area contributed by atoms with E-state index in [4.69, 9.17) is 5.73 Å². The first-order valence-corrected chi connectivity index (χ1v) is 6.59. The topological polar surface area (TPSA) is 101 Å². The average Bonchev–Trinajstić information content (AvgIpc) is 2.84. The first kappa shape index (κ1) is 15.0. The van der Waals surface area contributed by atoms with Crippen LogP contribution in [-0.2, 0) is 20.8 Å². The van der Waals surface area contributed by atoms with Gasteiger partial charge in [0.25, 0.3) is 0 Å². The molecule has 21 heavy (non-hydrogen) atoms. The fourth-order valence-electron chi connectivity index (χ4n) is 2.21. The molecular weight excluding hydrogens is 277 g/mol. The molecule has 6 nitrogen and oxygen atoms in total. The zero-order chi connectivity index (χ0) is 15.4. The van der Waals surface area contributed by atoms with Gasteiger partial charge in [0, 0.05) is 12.8 Å². The van der Waals surface area contributed by atoms with E-state index in [9.17, 15) is 18.8 Å². The number of benzene rings is 1. The molecule has 0 saturated carbocycles. The molecule has 3 amide bonds. The number of amides is 3. The maximum absolute atomic E-state index is 13.1. The van der Waals surface area contributed by atoms with E-state index < -0.39 is 29.7 Å². The van der Waals surface area contributed by atoms with Crippen molar-refractivity contribution in [1.29, 1.82) is 0 Å². The number of primary amides is 1. The maximum atomic E-state index is 13.1. The molecule has 2 atom stereocenters. The molecule has 0 bridgehead atoms. The van der Waals surface area contributed by atoms with Crippen molar-refractivity contribution in [2.45, 2.75) is 31.3 Å². The summed E-state index contributed by atoms with van der Waals surface area (Å²) in [5.74, 6) is -1.79. The van der Waals surface area contributed by atoms with E-state index in [1.807, 2.05) is 0 Å². The van der Waals surface area contributed by atoms with Gasteiger partial charge in [-0.05, 0) is 24.1 Å². The van der Waals surface area contributed by atoms with E-state index in [1.54, 1.807) is 6.07 Å². The number of hydrogen-bond acceptors (Lipinski definition) is 3. The highest BCUT2D eigenvalue weighted by molar-refractivity contribution is 5.93. The van der Waals surface area contributed by atoms with Crippen LogP contribution in [0.5, 0.6) is 0 Å². The first-order chi connectivity index (χ1) is 9.95. The van der Waals surface area contributed by atoms with E-state index in [-0.39, 0.29) is 18.7 Å². The van der Waals surface area contributed by atoms with E-state index in [1.165, 1.54) is 18.2 Å². The Balaban J connectivity index is 2.00. The Labute approximate surface area is 120 Å². The molecule has 0 aromatic heterocycles. The van der Waals surface area contributed by atoms with Crippen LogP contribution < -0.4 is 16.4 Å². The molecule has 1 aromatic carbocycles. The minimum Gasteiger partial charge on any atom is -0.368 e. The van der Waals surface area contributed by atoms with Crippen molar-refractivity contribution in [2.75, 3.05) is 0 Å². The highest BCUT2D eigenvalue weighted by atomic mass is 19.1. The summed E-state index contributed by atoms with van der Waals surface area (Å²) in [5.41, 5.74) is 5.81. The lowest BCUT2D eigenvalue weighted by atomic mass is 10.0. The van der Waals surface area contributed by atoms with Crippen LogP contribution in [-0.4, -0.2) is 29.8 Å². The molecule has 1 aliphatic heterocycles. The fourth-order valence-corrected chi connectivity index (χ4v) is 2.21. The van der Waals surface area contributed by atoms with Crippen LogP contribution in [0.25, 0.3) is 0 Å².